The molecule has 1 aromatic carbocycles. The highest BCUT2D eigenvalue weighted by molar-refractivity contribution is 5.85. The Hall–Kier alpha value is -1.75. The molecule has 1 N–H and O–H groups in total. The Morgan fingerprint density at radius 2 is 2.24 bits per heavy atom. The van der Waals surface area contributed by atoms with E-state index in [-0.39, 0.29) is 11.8 Å². The summed E-state index contributed by atoms with van der Waals surface area (Å²) in [4.78, 5) is 14.3. The third kappa shape index (κ3) is 2.70. The number of rotatable bonds is 3. The summed E-state index contributed by atoms with van der Waals surface area (Å²) in [5.74, 6) is 1.39. The quantitative estimate of drug-likeness (QED) is 0.918. The predicted molar refractivity (Wildman–Crippen MR) is 77.3 cm³/mol. The Bertz CT molecular complexity index is 551. The zero-order valence-corrected chi connectivity index (χ0v) is 12.5. The molecule has 0 radical (unpaired) electrons. The van der Waals surface area contributed by atoms with Crippen LogP contribution in [0.3, 0.4) is 0 Å². The van der Waals surface area contributed by atoms with E-state index in [1.807, 2.05) is 18.2 Å². The Morgan fingerprint density at radius 3 is 2.90 bits per heavy atom. The van der Waals surface area contributed by atoms with Gasteiger partial charge in [-0.1, -0.05) is 0 Å². The number of carbonyl (C=O) groups is 1. The van der Waals surface area contributed by atoms with Crippen LogP contribution in [0.5, 0.6) is 11.5 Å². The molecule has 3 rings (SSSR count). The summed E-state index contributed by atoms with van der Waals surface area (Å²) in [6.45, 7) is 3.00. The van der Waals surface area contributed by atoms with Crippen molar-refractivity contribution >= 4 is 5.91 Å². The lowest BCUT2D eigenvalue weighted by Gasteiger charge is -2.29. The first-order chi connectivity index (χ1) is 10.0. The number of benzene rings is 1. The average molecular weight is 291 g/mol. The minimum atomic E-state index is -1.25. The fourth-order valence-electron chi connectivity index (χ4n) is 2.79. The summed E-state index contributed by atoms with van der Waals surface area (Å²) in [5.41, 5.74) is -0.315. The molecule has 1 saturated carbocycles. The SMILES string of the molecule is COc1ccc2c(c1)OCCN(C(=O)C(C)(O)C1CC1)C2. The number of hydrogen-bond acceptors (Lipinski definition) is 4. The van der Waals surface area contributed by atoms with E-state index in [0.717, 1.165) is 29.9 Å². The van der Waals surface area contributed by atoms with Crippen LogP contribution in [0.25, 0.3) is 0 Å². The van der Waals surface area contributed by atoms with Gasteiger partial charge in [-0.3, -0.25) is 4.79 Å². The molecule has 21 heavy (non-hydrogen) atoms. The molecule has 0 saturated heterocycles. The number of aliphatic hydroxyl groups is 1. The normalized spacial score (nSPS) is 20.8. The van der Waals surface area contributed by atoms with Gasteiger partial charge < -0.3 is 19.5 Å². The Balaban J connectivity index is 1.80. The highest BCUT2D eigenvalue weighted by atomic mass is 16.5. The van der Waals surface area contributed by atoms with Crippen molar-refractivity contribution in [1.82, 2.24) is 4.90 Å². The van der Waals surface area contributed by atoms with Crippen molar-refractivity contribution in [3.8, 4) is 11.5 Å². The molecule has 1 aromatic rings. The third-order valence-electron chi connectivity index (χ3n) is 4.35. The zero-order chi connectivity index (χ0) is 15.0. The summed E-state index contributed by atoms with van der Waals surface area (Å²) in [7, 11) is 1.61. The zero-order valence-electron chi connectivity index (χ0n) is 12.5. The van der Waals surface area contributed by atoms with E-state index >= 15 is 0 Å². The van der Waals surface area contributed by atoms with Crippen molar-refractivity contribution in [3.63, 3.8) is 0 Å². The number of nitrogens with zero attached hydrogens (tertiary/aromatic N) is 1. The molecule has 0 spiro atoms. The van der Waals surface area contributed by atoms with Crippen LogP contribution in [0.15, 0.2) is 18.2 Å². The van der Waals surface area contributed by atoms with Gasteiger partial charge in [-0.25, -0.2) is 0 Å². The maximum atomic E-state index is 12.6. The number of methoxy groups -OCH3 is 1. The van der Waals surface area contributed by atoms with Gasteiger partial charge in [0.05, 0.1) is 13.7 Å². The van der Waals surface area contributed by atoms with Gasteiger partial charge in [0.25, 0.3) is 5.91 Å². The average Bonchev–Trinajstić information content (AvgIpc) is 3.31. The van der Waals surface area contributed by atoms with Gasteiger partial charge in [0.1, 0.15) is 23.7 Å². The lowest BCUT2D eigenvalue weighted by atomic mass is 9.98. The number of carbonyl (C=O) groups excluding carboxylic acids is 1. The second-order valence-electron chi connectivity index (χ2n) is 5.97. The van der Waals surface area contributed by atoms with Gasteiger partial charge in [-0.2, -0.15) is 0 Å². The molecular formula is C16H21NO4. The predicted octanol–water partition coefficient (Wildman–Crippen LogP) is 1.58. The van der Waals surface area contributed by atoms with Crippen LogP contribution in [0.2, 0.25) is 0 Å². The summed E-state index contributed by atoms with van der Waals surface area (Å²) in [6.07, 6.45) is 1.85. The van der Waals surface area contributed by atoms with Crippen LogP contribution in [0.1, 0.15) is 25.3 Å². The smallest absolute Gasteiger partial charge is 0.254 e. The van der Waals surface area contributed by atoms with Crippen molar-refractivity contribution < 1.29 is 19.4 Å². The van der Waals surface area contributed by atoms with Crippen LogP contribution >= 0.6 is 0 Å². The maximum Gasteiger partial charge on any atom is 0.254 e. The topological polar surface area (TPSA) is 59.0 Å². The van der Waals surface area contributed by atoms with Gasteiger partial charge in [0, 0.05) is 18.2 Å². The van der Waals surface area contributed by atoms with E-state index in [1.165, 1.54) is 0 Å². The summed E-state index contributed by atoms with van der Waals surface area (Å²) >= 11 is 0. The minimum absolute atomic E-state index is 0.101. The molecule has 1 aliphatic carbocycles. The van der Waals surface area contributed by atoms with E-state index in [9.17, 15) is 9.90 Å². The first-order valence-electron chi connectivity index (χ1n) is 7.34. The van der Waals surface area contributed by atoms with Crippen LogP contribution in [0.4, 0.5) is 0 Å². The molecule has 1 atom stereocenters. The summed E-state index contributed by atoms with van der Waals surface area (Å²) in [6, 6.07) is 5.60. The van der Waals surface area contributed by atoms with E-state index in [1.54, 1.807) is 18.9 Å². The largest absolute Gasteiger partial charge is 0.497 e. The number of amides is 1. The van der Waals surface area contributed by atoms with E-state index in [2.05, 4.69) is 0 Å². The molecule has 1 heterocycles. The van der Waals surface area contributed by atoms with Crippen molar-refractivity contribution in [3.05, 3.63) is 23.8 Å². The second kappa shape index (κ2) is 5.22. The molecule has 5 heteroatoms. The van der Waals surface area contributed by atoms with Crippen molar-refractivity contribution in [2.45, 2.75) is 31.9 Å². The van der Waals surface area contributed by atoms with Gasteiger partial charge >= 0.3 is 0 Å². The third-order valence-corrected chi connectivity index (χ3v) is 4.35. The van der Waals surface area contributed by atoms with Gasteiger partial charge in [-0.05, 0) is 37.8 Å². The van der Waals surface area contributed by atoms with Gasteiger partial charge in [0.15, 0.2) is 0 Å². The van der Waals surface area contributed by atoms with Crippen molar-refractivity contribution in [2.75, 3.05) is 20.3 Å². The molecule has 1 amide bonds. The first-order valence-corrected chi connectivity index (χ1v) is 7.34. The van der Waals surface area contributed by atoms with Crippen molar-refractivity contribution in [2.24, 2.45) is 5.92 Å². The molecule has 0 bridgehead atoms. The lowest BCUT2D eigenvalue weighted by molar-refractivity contribution is -0.152. The first kappa shape index (κ1) is 14.2. The maximum absolute atomic E-state index is 12.6. The summed E-state index contributed by atoms with van der Waals surface area (Å²) < 4.78 is 10.9. The van der Waals surface area contributed by atoms with Crippen LogP contribution < -0.4 is 9.47 Å². The fourth-order valence-corrected chi connectivity index (χ4v) is 2.79. The number of fused-ring (bicyclic) bond motifs is 1. The molecule has 1 unspecified atom stereocenters. The van der Waals surface area contributed by atoms with Crippen molar-refractivity contribution in [1.29, 1.82) is 0 Å². The minimum Gasteiger partial charge on any atom is -0.497 e. The number of ether oxygens (including phenoxy) is 2. The Kier molecular flexibility index (Phi) is 3.53. The van der Waals surface area contributed by atoms with Crippen LogP contribution in [0, 0.1) is 5.92 Å². The van der Waals surface area contributed by atoms with Crippen LogP contribution in [-0.2, 0) is 11.3 Å². The molecule has 5 nitrogen and oxygen atoms in total. The van der Waals surface area contributed by atoms with Crippen LogP contribution in [-0.4, -0.2) is 41.8 Å². The molecular weight excluding hydrogens is 270 g/mol. The molecule has 1 aliphatic heterocycles. The fraction of sp³-hybridized carbons (Fsp3) is 0.562. The molecule has 1 fully saturated rings. The lowest BCUT2D eigenvalue weighted by Crippen LogP contribution is -2.48. The molecule has 114 valence electrons. The standard InChI is InChI=1S/C16H21NO4/c1-16(19,12-4-5-12)15(18)17-7-8-21-14-9-13(20-2)6-3-11(14)10-17/h3,6,9,12,19H,4-5,7-8,10H2,1-2H3. The second-order valence-corrected chi connectivity index (χ2v) is 5.97. The van der Waals surface area contributed by atoms with E-state index in [0.29, 0.717) is 19.7 Å². The van der Waals surface area contributed by atoms with E-state index < -0.39 is 5.60 Å². The highest BCUT2D eigenvalue weighted by Crippen LogP contribution is 2.41. The Morgan fingerprint density at radius 1 is 1.48 bits per heavy atom. The van der Waals surface area contributed by atoms with E-state index in [4.69, 9.17) is 9.47 Å². The molecule has 0 aromatic heterocycles. The summed E-state index contributed by atoms with van der Waals surface area (Å²) in [5, 5.41) is 10.4. The van der Waals surface area contributed by atoms with Gasteiger partial charge in [0.2, 0.25) is 0 Å². The monoisotopic (exact) mass is 291 g/mol. The Labute approximate surface area is 124 Å². The highest BCUT2D eigenvalue weighted by Gasteiger charge is 2.47. The number of hydrogen-bond donors (Lipinski definition) is 1. The molecule has 2 aliphatic rings. The van der Waals surface area contributed by atoms with Gasteiger partial charge in [-0.15, -0.1) is 0 Å².